The summed E-state index contributed by atoms with van der Waals surface area (Å²) in [5.74, 6) is 0.0405. The summed E-state index contributed by atoms with van der Waals surface area (Å²) in [5.41, 5.74) is 9.34. The summed E-state index contributed by atoms with van der Waals surface area (Å²) in [6, 6.07) is 19.7. The Labute approximate surface area is 140 Å². The molecule has 1 fully saturated rings. The van der Waals surface area contributed by atoms with Crippen LogP contribution >= 0.6 is 0 Å². The third-order valence-corrected chi connectivity index (χ3v) is 4.53. The van der Waals surface area contributed by atoms with E-state index >= 15 is 0 Å². The minimum absolute atomic E-state index is 0.0405. The van der Waals surface area contributed by atoms with Gasteiger partial charge < -0.3 is 10.6 Å². The third-order valence-electron chi connectivity index (χ3n) is 4.53. The molecule has 1 unspecified atom stereocenters. The zero-order valence-corrected chi connectivity index (χ0v) is 13.4. The van der Waals surface area contributed by atoms with Crippen LogP contribution in [0.3, 0.4) is 0 Å². The lowest BCUT2D eigenvalue weighted by Crippen LogP contribution is -2.32. The first-order valence-corrected chi connectivity index (χ1v) is 8.22. The highest BCUT2D eigenvalue weighted by Crippen LogP contribution is 2.26. The number of hydrogen-bond acceptors (Lipinski definition) is 3. The maximum Gasteiger partial charge on any atom is 0.254 e. The topological polar surface area (TPSA) is 59.2 Å². The van der Waals surface area contributed by atoms with Gasteiger partial charge in [-0.15, -0.1) is 0 Å². The lowest BCUT2D eigenvalue weighted by molar-refractivity contribution is 0.0793. The summed E-state index contributed by atoms with van der Waals surface area (Å²) in [6.07, 6.45) is 0.861. The number of pyridine rings is 1. The second kappa shape index (κ2) is 6.06. The monoisotopic (exact) mass is 317 g/mol. The highest BCUT2D eigenvalue weighted by Gasteiger charge is 2.26. The van der Waals surface area contributed by atoms with Crippen molar-refractivity contribution in [2.45, 2.75) is 12.5 Å². The van der Waals surface area contributed by atoms with Crippen molar-refractivity contribution in [3.05, 3.63) is 66.2 Å². The van der Waals surface area contributed by atoms with Crippen LogP contribution in [0.15, 0.2) is 60.7 Å². The van der Waals surface area contributed by atoms with Crippen LogP contribution in [0.4, 0.5) is 0 Å². The fourth-order valence-electron chi connectivity index (χ4n) is 3.25. The Bertz CT molecular complexity index is 892. The Balaban J connectivity index is 1.85. The van der Waals surface area contributed by atoms with E-state index in [0.717, 1.165) is 35.1 Å². The minimum atomic E-state index is 0.0405. The molecule has 3 aromatic rings. The van der Waals surface area contributed by atoms with Crippen LogP contribution in [0.2, 0.25) is 0 Å². The van der Waals surface area contributed by atoms with Gasteiger partial charge in [0.15, 0.2) is 0 Å². The van der Waals surface area contributed by atoms with Gasteiger partial charge in [0.2, 0.25) is 0 Å². The summed E-state index contributed by atoms with van der Waals surface area (Å²) in [7, 11) is 0. The van der Waals surface area contributed by atoms with Gasteiger partial charge in [-0.2, -0.15) is 0 Å². The largest absolute Gasteiger partial charge is 0.337 e. The number of nitrogens with zero attached hydrogens (tertiary/aromatic N) is 2. The molecule has 2 heterocycles. The smallest absolute Gasteiger partial charge is 0.254 e. The molecule has 0 saturated carbocycles. The van der Waals surface area contributed by atoms with Gasteiger partial charge in [-0.25, -0.2) is 4.98 Å². The molecule has 4 nitrogen and oxygen atoms in total. The van der Waals surface area contributed by atoms with Gasteiger partial charge in [-0.1, -0.05) is 48.5 Å². The van der Waals surface area contributed by atoms with E-state index in [0.29, 0.717) is 12.1 Å². The Hall–Kier alpha value is -2.72. The van der Waals surface area contributed by atoms with Crippen molar-refractivity contribution in [2.75, 3.05) is 13.1 Å². The molecular weight excluding hydrogens is 298 g/mol. The van der Waals surface area contributed by atoms with E-state index in [1.165, 1.54) is 0 Å². The Morgan fingerprint density at radius 3 is 2.58 bits per heavy atom. The van der Waals surface area contributed by atoms with Crippen molar-refractivity contribution < 1.29 is 4.79 Å². The average molecular weight is 317 g/mol. The van der Waals surface area contributed by atoms with Crippen LogP contribution in [0, 0.1) is 0 Å². The molecule has 2 aromatic carbocycles. The van der Waals surface area contributed by atoms with Crippen LogP contribution in [0.5, 0.6) is 0 Å². The van der Waals surface area contributed by atoms with E-state index in [-0.39, 0.29) is 11.9 Å². The zero-order chi connectivity index (χ0) is 16.5. The maximum atomic E-state index is 13.0. The molecule has 0 radical (unpaired) electrons. The number of fused-ring (bicyclic) bond motifs is 1. The molecule has 1 amide bonds. The van der Waals surface area contributed by atoms with Gasteiger partial charge in [-0.3, -0.25) is 4.79 Å². The van der Waals surface area contributed by atoms with Crippen LogP contribution in [-0.4, -0.2) is 34.9 Å². The molecule has 0 spiro atoms. The number of amides is 1. The minimum Gasteiger partial charge on any atom is -0.337 e. The molecule has 1 aliphatic rings. The number of carbonyl (C=O) groups excluding carboxylic acids is 1. The van der Waals surface area contributed by atoms with Crippen LogP contribution in [0.25, 0.3) is 22.2 Å². The number of likely N-dealkylation sites (tertiary alicyclic amines) is 1. The van der Waals surface area contributed by atoms with E-state index in [4.69, 9.17) is 10.7 Å². The number of nitrogens with two attached hydrogens (primary N) is 1. The second-order valence-corrected chi connectivity index (χ2v) is 6.24. The first-order chi connectivity index (χ1) is 11.7. The van der Waals surface area contributed by atoms with Crippen molar-refractivity contribution >= 4 is 16.8 Å². The van der Waals surface area contributed by atoms with E-state index < -0.39 is 0 Å². The van der Waals surface area contributed by atoms with Crippen molar-refractivity contribution in [1.29, 1.82) is 0 Å². The predicted molar refractivity (Wildman–Crippen MR) is 95.7 cm³/mol. The zero-order valence-electron chi connectivity index (χ0n) is 13.4. The highest BCUT2D eigenvalue weighted by atomic mass is 16.2. The van der Waals surface area contributed by atoms with Gasteiger partial charge in [0, 0.05) is 30.1 Å². The molecule has 120 valence electrons. The number of hydrogen-bond donors (Lipinski definition) is 1. The van der Waals surface area contributed by atoms with Crippen molar-refractivity contribution in [3.63, 3.8) is 0 Å². The number of aromatic nitrogens is 1. The Kier molecular flexibility index (Phi) is 3.75. The van der Waals surface area contributed by atoms with Crippen LogP contribution in [-0.2, 0) is 0 Å². The molecule has 1 saturated heterocycles. The molecule has 4 heteroatoms. The lowest BCUT2D eigenvalue weighted by atomic mass is 10.0. The predicted octanol–water partition coefficient (Wildman–Crippen LogP) is 3.08. The molecular formula is C20H19N3O. The summed E-state index contributed by atoms with van der Waals surface area (Å²) < 4.78 is 0. The fraction of sp³-hybridized carbons (Fsp3) is 0.200. The van der Waals surface area contributed by atoms with Crippen molar-refractivity contribution in [3.8, 4) is 11.3 Å². The highest BCUT2D eigenvalue weighted by molar-refractivity contribution is 6.07. The first kappa shape index (κ1) is 14.8. The standard InChI is InChI=1S/C20H19N3O/c21-15-10-11-23(13-15)20(24)17-12-19(14-6-2-1-3-7-14)22-18-9-5-4-8-16(17)18/h1-9,12,15H,10-11,13,21H2. The number of carbonyl (C=O) groups is 1. The number of benzene rings is 2. The Morgan fingerprint density at radius 1 is 1.08 bits per heavy atom. The fourth-order valence-corrected chi connectivity index (χ4v) is 3.25. The quantitative estimate of drug-likeness (QED) is 0.790. The molecule has 1 atom stereocenters. The summed E-state index contributed by atoms with van der Waals surface area (Å²) in [5, 5.41) is 0.891. The van der Waals surface area contributed by atoms with Gasteiger partial charge in [-0.05, 0) is 18.6 Å². The Morgan fingerprint density at radius 2 is 1.83 bits per heavy atom. The van der Waals surface area contributed by atoms with Gasteiger partial charge in [0.05, 0.1) is 16.8 Å². The molecule has 0 bridgehead atoms. The SMILES string of the molecule is NC1CCN(C(=O)c2cc(-c3ccccc3)nc3ccccc23)C1. The molecule has 2 N–H and O–H groups in total. The molecule has 0 aliphatic carbocycles. The van der Waals surface area contributed by atoms with E-state index in [1.807, 2.05) is 65.6 Å². The summed E-state index contributed by atoms with van der Waals surface area (Å²) in [4.78, 5) is 19.6. The van der Waals surface area contributed by atoms with Gasteiger partial charge in [0.25, 0.3) is 5.91 Å². The van der Waals surface area contributed by atoms with Crippen LogP contribution < -0.4 is 5.73 Å². The average Bonchev–Trinajstić information content (AvgIpc) is 3.07. The summed E-state index contributed by atoms with van der Waals surface area (Å²) >= 11 is 0. The maximum absolute atomic E-state index is 13.0. The first-order valence-electron chi connectivity index (χ1n) is 8.22. The second-order valence-electron chi connectivity index (χ2n) is 6.24. The number of rotatable bonds is 2. The molecule has 1 aliphatic heterocycles. The van der Waals surface area contributed by atoms with Crippen molar-refractivity contribution in [1.82, 2.24) is 9.88 Å². The molecule has 4 rings (SSSR count). The molecule has 24 heavy (non-hydrogen) atoms. The van der Waals surface area contributed by atoms with Gasteiger partial charge in [0.1, 0.15) is 0 Å². The van der Waals surface area contributed by atoms with Crippen LogP contribution in [0.1, 0.15) is 16.8 Å². The summed E-state index contributed by atoms with van der Waals surface area (Å²) in [6.45, 7) is 1.34. The number of para-hydroxylation sites is 1. The normalized spacial score (nSPS) is 17.4. The van der Waals surface area contributed by atoms with Gasteiger partial charge >= 0.3 is 0 Å². The van der Waals surface area contributed by atoms with E-state index in [2.05, 4.69) is 0 Å². The van der Waals surface area contributed by atoms with Crippen molar-refractivity contribution in [2.24, 2.45) is 5.73 Å². The van der Waals surface area contributed by atoms with E-state index in [1.54, 1.807) is 0 Å². The third kappa shape index (κ3) is 2.65. The molecule has 1 aromatic heterocycles. The lowest BCUT2D eigenvalue weighted by Gasteiger charge is -2.18. The van der Waals surface area contributed by atoms with E-state index in [9.17, 15) is 4.79 Å².